The molecule has 0 aliphatic carbocycles. The highest BCUT2D eigenvalue weighted by Crippen LogP contribution is 2.38. The van der Waals surface area contributed by atoms with Crippen molar-refractivity contribution in [2.24, 2.45) is 0 Å². The van der Waals surface area contributed by atoms with Crippen LogP contribution in [0.5, 0.6) is 11.5 Å². The van der Waals surface area contributed by atoms with Crippen LogP contribution in [0.4, 0.5) is 14.9 Å². The number of methoxy groups -OCH3 is 1. The number of imide groups is 2. The summed E-state index contributed by atoms with van der Waals surface area (Å²) >= 11 is 12.6. The van der Waals surface area contributed by atoms with Crippen molar-refractivity contribution in [2.75, 3.05) is 12.0 Å². The number of barbiturate groups is 1. The van der Waals surface area contributed by atoms with Crippen molar-refractivity contribution >= 4 is 52.8 Å². The van der Waals surface area contributed by atoms with E-state index >= 15 is 0 Å². The summed E-state index contributed by atoms with van der Waals surface area (Å²) in [5, 5.41) is 2.69. The Hall–Kier alpha value is -3.88. The van der Waals surface area contributed by atoms with Crippen LogP contribution in [0.1, 0.15) is 16.7 Å². The molecule has 0 aromatic heterocycles. The molecule has 4 rings (SSSR count). The van der Waals surface area contributed by atoms with Gasteiger partial charge in [-0.1, -0.05) is 41.4 Å². The van der Waals surface area contributed by atoms with Gasteiger partial charge in [-0.2, -0.15) is 0 Å². The third-order valence-corrected chi connectivity index (χ3v) is 6.13. The largest absolute Gasteiger partial charge is 0.493 e. The minimum atomic E-state index is -0.882. The van der Waals surface area contributed by atoms with Crippen molar-refractivity contribution < 1.29 is 28.2 Å². The van der Waals surface area contributed by atoms with E-state index in [1.54, 1.807) is 37.3 Å². The molecule has 0 spiro atoms. The molecule has 0 atom stereocenters. The molecule has 1 saturated heterocycles. The van der Waals surface area contributed by atoms with Gasteiger partial charge in [0.15, 0.2) is 11.5 Å². The molecule has 4 amide bonds. The summed E-state index contributed by atoms with van der Waals surface area (Å²) in [5.41, 5.74) is 1.55. The van der Waals surface area contributed by atoms with Gasteiger partial charge >= 0.3 is 6.03 Å². The molecular weight excluding hydrogens is 510 g/mol. The number of hydrogen-bond acceptors (Lipinski definition) is 5. The lowest BCUT2D eigenvalue weighted by atomic mass is 10.1. The molecule has 1 N–H and O–H groups in total. The molecule has 1 aliphatic rings. The van der Waals surface area contributed by atoms with Gasteiger partial charge in [0.25, 0.3) is 11.8 Å². The number of carbonyl (C=O) groups is 3. The topological polar surface area (TPSA) is 84.9 Å². The monoisotopic (exact) mass is 528 g/mol. The second-order valence-electron chi connectivity index (χ2n) is 7.79. The van der Waals surface area contributed by atoms with Gasteiger partial charge < -0.3 is 9.47 Å². The summed E-state index contributed by atoms with van der Waals surface area (Å²) in [6, 6.07) is 12.7. The number of halogens is 3. The van der Waals surface area contributed by atoms with Crippen molar-refractivity contribution in [3.8, 4) is 11.5 Å². The molecule has 0 saturated carbocycles. The quantitative estimate of drug-likeness (QED) is 0.328. The van der Waals surface area contributed by atoms with Gasteiger partial charge in [-0.3, -0.25) is 14.9 Å². The zero-order valence-corrected chi connectivity index (χ0v) is 20.6. The van der Waals surface area contributed by atoms with Crippen LogP contribution in [0.15, 0.2) is 60.2 Å². The zero-order chi connectivity index (χ0) is 26.0. The Kier molecular flexibility index (Phi) is 7.28. The number of anilines is 1. The maximum Gasteiger partial charge on any atom is 0.335 e. The molecule has 3 aromatic rings. The minimum Gasteiger partial charge on any atom is -0.493 e. The Morgan fingerprint density at radius 3 is 2.44 bits per heavy atom. The van der Waals surface area contributed by atoms with Gasteiger partial charge in [0.1, 0.15) is 18.0 Å². The maximum atomic E-state index is 13.2. The van der Waals surface area contributed by atoms with Crippen LogP contribution in [0.2, 0.25) is 10.0 Å². The Labute approximate surface area is 216 Å². The number of nitrogens with zero attached hydrogens (tertiary/aromatic N) is 1. The van der Waals surface area contributed by atoms with E-state index < -0.39 is 17.8 Å². The lowest BCUT2D eigenvalue weighted by molar-refractivity contribution is -0.122. The molecule has 0 radical (unpaired) electrons. The third-order valence-electron chi connectivity index (χ3n) is 5.44. The molecule has 0 bridgehead atoms. The molecule has 0 unspecified atom stereocenters. The zero-order valence-electron chi connectivity index (χ0n) is 19.1. The van der Waals surface area contributed by atoms with Gasteiger partial charge in [-0.15, -0.1) is 0 Å². The fourth-order valence-corrected chi connectivity index (χ4v) is 4.02. The van der Waals surface area contributed by atoms with Crippen LogP contribution >= 0.6 is 23.2 Å². The Bertz CT molecular complexity index is 1410. The molecule has 10 heteroatoms. The Morgan fingerprint density at radius 1 is 1.03 bits per heavy atom. The van der Waals surface area contributed by atoms with Gasteiger partial charge in [0.2, 0.25) is 0 Å². The number of ether oxygens (including phenoxy) is 2. The van der Waals surface area contributed by atoms with Gasteiger partial charge in [-0.05, 0) is 66.1 Å². The van der Waals surface area contributed by atoms with Crippen molar-refractivity contribution in [3.63, 3.8) is 0 Å². The second-order valence-corrected chi connectivity index (χ2v) is 8.61. The summed E-state index contributed by atoms with van der Waals surface area (Å²) < 4.78 is 24.3. The summed E-state index contributed by atoms with van der Waals surface area (Å²) in [4.78, 5) is 39.1. The number of carbonyl (C=O) groups excluding carboxylic acids is 3. The van der Waals surface area contributed by atoms with E-state index in [-0.39, 0.29) is 40.2 Å². The predicted molar refractivity (Wildman–Crippen MR) is 134 cm³/mol. The average molecular weight is 529 g/mol. The number of benzene rings is 3. The SMILES string of the molecule is COc1cc(/C=C2\C(=O)NC(=O)N(c3cccc(Cl)c3C)C2=O)cc(Cl)c1OCc1ccc(F)cc1. The van der Waals surface area contributed by atoms with Crippen LogP contribution in [-0.2, 0) is 16.2 Å². The molecular formula is C26H19Cl2FN2O5. The van der Waals surface area contributed by atoms with Crippen LogP contribution in [0.3, 0.4) is 0 Å². The number of amides is 4. The van der Waals surface area contributed by atoms with E-state index in [4.69, 9.17) is 32.7 Å². The first-order valence-electron chi connectivity index (χ1n) is 10.6. The van der Waals surface area contributed by atoms with Crippen molar-refractivity contribution in [1.82, 2.24) is 5.32 Å². The van der Waals surface area contributed by atoms with E-state index in [1.807, 2.05) is 0 Å². The summed E-state index contributed by atoms with van der Waals surface area (Å²) in [5.74, 6) is -1.55. The average Bonchev–Trinajstić information content (AvgIpc) is 2.84. The molecule has 1 heterocycles. The molecule has 1 fully saturated rings. The Morgan fingerprint density at radius 2 is 1.75 bits per heavy atom. The molecule has 3 aromatic carbocycles. The molecule has 1 aliphatic heterocycles. The summed E-state index contributed by atoms with van der Waals surface area (Å²) in [6.45, 7) is 1.76. The fourth-order valence-electron chi connectivity index (χ4n) is 3.58. The van der Waals surface area contributed by atoms with E-state index in [2.05, 4.69) is 5.32 Å². The number of urea groups is 1. The van der Waals surface area contributed by atoms with Gasteiger partial charge in [0.05, 0.1) is 17.8 Å². The van der Waals surface area contributed by atoms with E-state index in [1.165, 1.54) is 37.5 Å². The highest BCUT2D eigenvalue weighted by molar-refractivity contribution is 6.40. The van der Waals surface area contributed by atoms with Crippen LogP contribution in [0.25, 0.3) is 6.08 Å². The standard InChI is InChI=1S/C26H19Cl2FN2O5/c1-14-19(27)4-3-5-21(14)31-25(33)18(24(32)30-26(31)34)10-16-11-20(28)23(22(12-16)35-2)36-13-15-6-8-17(29)9-7-15/h3-12H,13H2,1-2H3,(H,30,32,34)/b18-10+. The van der Waals surface area contributed by atoms with Crippen molar-refractivity contribution in [2.45, 2.75) is 13.5 Å². The lowest BCUT2D eigenvalue weighted by Gasteiger charge is -2.27. The van der Waals surface area contributed by atoms with E-state index in [9.17, 15) is 18.8 Å². The Balaban J connectivity index is 1.66. The fraction of sp³-hybridized carbons (Fsp3) is 0.115. The van der Waals surface area contributed by atoms with Gasteiger partial charge in [-0.25, -0.2) is 14.1 Å². The smallest absolute Gasteiger partial charge is 0.335 e. The summed E-state index contributed by atoms with van der Waals surface area (Å²) in [6.07, 6.45) is 1.30. The first-order valence-corrected chi connectivity index (χ1v) is 11.4. The number of nitrogens with one attached hydrogen (secondary N) is 1. The normalized spacial score (nSPS) is 14.8. The number of hydrogen-bond donors (Lipinski definition) is 1. The maximum absolute atomic E-state index is 13.2. The minimum absolute atomic E-state index is 0.105. The van der Waals surface area contributed by atoms with Crippen LogP contribution in [0, 0.1) is 12.7 Å². The first kappa shape index (κ1) is 25.2. The van der Waals surface area contributed by atoms with Crippen LogP contribution < -0.4 is 19.7 Å². The second kappa shape index (κ2) is 10.4. The van der Waals surface area contributed by atoms with E-state index in [0.717, 1.165) is 4.90 Å². The third kappa shape index (κ3) is 5.05. The van der Waals surface area contributed by atoms with Crippen molar-refractivity contribution in [1.29, 1.82) is 0 Å². The molecule has 36 heavy (non-hydrogen) atoms. The van der Waals surface area contributed by atoms with Crippen LogP contribution in [-0.4, -0.2) is 25.0 Å². The number of rotatable bonds is 6. The highest BCUT2D eigenvalue weighted by Gasteiger charge is 2.37. The molecule has 7 nitrogen and oxygen atoms in total. The predicted octanol–water partition coefficient (Wildman–Crippen LogP) is 5.69. The highest BCUT2D eigenvalue weighted by atomic mass is 35.5. The van der Waals surface area contributed by atoms with E-state index in [0.29, 0.717) is 21.7 Å². The molecule has 184 valence electrons. The van der Waals surface area contributed by atoms with Gasteiger partial charge in [0, 0.05) is 5.02 Å². The first-order chi connectivity index (χ1) is 17.2. The summed E-state index contributed by atoms with van der Waals surface area (Å²) in [7, 11) is 1.41. The van der Waals surface area contributed by atoms with Crippen molar-refractivity contribution in [3.05, 3.63) is 92.7 Å². The lowest BCUT2D eigenvalue weighted by Crippen LogP contribution is -2.54.